The normalized spacial score (nSPS) is 12.3. The molecule has 0 radical (unpaired) electrons. The molecule has 0 amide bonds. The molecular formula is C14H16FN3O. The molecule has 0 spiro atoms. The van der Waals surface area contributed by atoms with E-state index in [-0.39, 0.29) is 5.69 Å². The third kappa shape index (κ3) is 3.74. The summed E-state index contributed by atoms with van der Waals surface area (Å²) in [7, 11) is 0. The van der Waals surface area contributed by atoms with Crippen molar-refractivity contribution >= 4 is 5.69 Å². The largest absolute Gasteiger partial charge is 0.396 e. The van der Waals surface area contributed by atoms with Gasteiger partial charge in [-0.15, -0.1) is 0 Å². The molecule has 1 heterocycles. The first kappa shape index (κ1) is 13.5. The number of hydrogen-bond donors (Lipinski definition) is 3. The Kier molecular flexibility index (Phi) is 4.43. The van der Waals surface area contributed by atoms with Gasteiger partial charge >= 0.3 is 0 Å². The summed E-state index contributed by atoms with van der Waals surface area (Å²) in [6.07, 6.45) is 2.71. The van der Waals surface area contributed by atoms with Gasteiger partial charge in [0.15, 0.2) is 0 Å². The van der Waals surface area contributed by atoms with Crippen LogP contribution in [0, 0.1) is 5.82 Å². The van der Waals surface area contributed by atoms with Crippen LogP contribution in [-0.4, -0.2) is 16.6 Å². The number of rotatable bonds is 5. The minimum atomic E-state index is -0.718. The van der Waals surface area contributed by atoms with Gasteiger partial charge in [-0.05, 0) is 35.4 Å². The quantitative estimate of drug-likeness (QED) is 0.715. The molecule has 19 heavy (non-hydrogen) atoms. The summed E-state index contributed by atoms with van der Waals surface area (Å²) in [5.74, 6) is -0.472. The monoisotopic (exact) mass is 261 g/mol. The highest BCUT2D eigenvalue weighted by atomic mass is 19.1. The van der Waals surface area contributed by atoms with Gasteiger partial charge in [0.1, 0.15) is 5.82 Å². The van der Waals surface area contributed by atoms with Crippen LogP contribution < -0.4 is 11.1 Å². The second-order valence-electron chi connectivity index (χ2n) is 4.28. The molecule has 0 aliphatic carbocycles. The molecular weight excluding hydrogens is 245 g/mol. The van der Waals surface area contributed by atoms with Crippen LogP contribution in [0.4, 0.5) is 10.1 Å². The van der Waals surface area contributed by atoms with Crippen LogP contribution in [0.5, 0.6) is 0 Å². The maximum atomic E-state index is 13.0. The van der Waals surface area contributed by atoms with E-state index in [2.05, 4.69) is 10.3 Å². The standard InChI is InChI=1S/C14H16FN3O/c15-12-2-1-11(7-13(12)16)14(19)9-18-8-10-3-5-17-6-4-10/h1-7,14,18-19H,8-9,16H2. The molecule has 4 nitrogen and oxygen atoms in total. The van der Waals surface area contributed by atoms with Crippen molar-refractivity contribution in [2.75, 3.05) is 12.3 Å². The molecule has 5 heteroatoms. The number of halogens is 1. The van der Waals surface area contributed by atoms with Gasteiger partial charge in [0, 0.05) is 25.5 Å². The van der Waals surface area contributed by atoms with Crippen molar-refractivity contribution in [2.45, 2.75) is 12.6 Å². The molecule has 2 aromatic rings. The first-order chi connectivity index (χ1) is 9.16. The number of nitrogens with one attached hydrogen (secondary N) is 1. The smallest absolute Gasteiger partial charge is 0.146 e. The Balaban J connectivity index is 1.87. The van der Waals surface area contributed by atoms with Gasteiger partial charge in [0.05, 0.1) is 11.8 Å². The lowest BCUT2D eigenvalue weighted by atomic mass is 10.1. The fourth-order valence-electron chi connectivity index (χ4n) is 1.74. The number of aliphatic hydroxyl groups is 1. The Morgan fingerprint density at radius 3 is 2.68 bits per heavy atom. The lowest BCUT2D eigenvalue weighted by molar-refractivity contribution is 0.174. The number of aliphatic hydroxyl groups excluding tert-OH is 1. The van der Waals surface area contributed by atoms with Crippen molar-refractivity contribution in [1.29, 1.82) is 0 Å². The summed E-state index contributed by atoms with van der Waals surface area (Å²) in [4.78, 5) is 3.93. The van der Waals surface area contributed by atoms with Gasteiger partial charge < -0.3 is 16.2 Å². The molecule has 0 saturated carbocycles. The Hall–Kier alpha value is -1.98. The van der Waals surface area contributed by atoms with E-state index in [0.717, 1.165) is 5.56 Å². The first-order valence-electron chi connectivity index (χ1n) is 5.99. The highest BCUT2D eigenvalue weighted by Gasteiger charge is 2.09. The number of nitrogen functional groups attached to an aromatic ring is 1. The molecule has 1 aromatic carbocycles. The molecule has 1 unspecified atom stereocenters. The van der Waals surface area contributed by atoms with Crippen molar-refractivity contribution in [3.05, 3.63) is 59.7 Å². The zero-order chi connectivity index (χ0) is 13.7. The third-order valence-corrected chi connectivity index (χ3v) is 2.82. The van der Waals surface area contributed by atoms with E-state index in [0.29, 0.717) is 18.7 Å². The van der Waals surface area contributed by atoms with E-state index in [4.69, 9.17) is 5.73 Å². The van der Waals surface area contributed by atoms with Crippen molar-refractivity contribution in [1.82, 2.24) is 10.3 Å². The summed E-state index contributed by atoms with van der Waals surface area (Å²) in [6.45, 7) is 1.00. The average molecular weight is 261 g/mol. The van der Waals surface area contributed by atoms with Crippen LogP contribution in [0.3, 0.4) is 0 Å². The summed E-state index contributed by atoms with van der Waals surface area (Å²) < 4.78 is 13.0. The molecule has 100 valence electrons. The van der Waals surface area contributed by atoms with Crippen molar-refractivity contribution < 1.29 is 9.50 Å². The zero-order valence-corrected chi connectivity index (χ0v) is 10.4. The van der Waals surface area contributed by atoms with Crippen molar-refractivity contribution in [3.8, 4) is 0 Å². The summed E-state index contributed by atoms with van der Waals surface area (Å²) in [6, 6.07) is 8.04. The number of nitrogens with two attached hydrogens (primary N) is 1. The van der Waals surface area contributed by atoms with Gasteiger partial charge in [-0.1, -0.05) is 6.07 Å². The first-order valence-corrected chi connectivity index (χ1v) is 5.99. The Morgan fingerprint density at radius 1 is 1.26 bits per heavy atom. The molecule has 2 rings (SSSR count). The summed E-state index contributed by atoms with van der Waals surface area (Å²) in [5, 5.41) is 13.1. The average Bonchev–Trinajstić information content (AvgIpc) is 2.43. The highest BCUT2D eigenvalue weighted by Crippen LogP contribution is 2.18. The maximum Gasteiger partial charge on any atom is 0.146 e. The second-order valence-corrected chi connectivity index (χ2v) is 4.28. The van der Waals surface area contributed by atoms with Crippen LogP contribution >= 0.6 is 0 Å². The molecule has 1 atom stereocenters. The lowest BCUT2D eigenvalue weighted by Gasteiger charge is -2.13. The number of benzene rings is 1. The van der Waals surface area contributed by atoms with Gasteiger partial charge in [-0.25, -0.2) is 4.39 Å². The summed E-state index contributed by atoms with van der Waals surface area (Å²) in [5.41, 5.74) is 7.19. The van der Waals surface area contributed by atoms with Gasteiger partial charge in [-0.3, -0.25) is 4.98 Å². The minimum Gasteiger partial charge on any atom is -0.396 e. The van der Waals surface area contributed by atoms with Crippen LogP contribution in [0.25, 0.3) is 0 Å². The molecule has 0 bridgehead atoms. The molecule has 1 aromatic heterocycles. The minimum absolute atomic E-state index is 0.0469. The van der Waals surface area contributed by atoms with E-state index in [1.54, 1.807) is 12.4 Å². The lowest BCUT2D eigenvalue weighted by Crippen LogP contribution is -2.21. The summed E-state index contributed by atoms with van der Waals surface area (Å²) >= 11 is 0. The third-order valence-electron chi connectivity index (χ3n) is 2.82. The fraction of sp³-hybridized carbons (Fsp3) is 0.214. The van der Waals surface area contributed by atoms with Crippen molar-refractivity contribution in [2.24, 2.45) is 0 Å². The fourth-order valence-corrected chi connectivity index (χ4v) is 1.74. The van der Waals surface area contributed by atoms with E-state index in [1.165, 1.54) is 18.2 Å². The number of hydrogen-bond acceptors (Lipinski definition) is 4. The maximum absolute atomic E-state index is 13.0. The number of anilines is 1. The molecule has 4 N–H and O–H groups in total. The van der Waals surface area contributed by atoms with Crippen LogP contribution in [0.15, 0.2) is 42.7 Å². The second kappa shape index (κ2) is 6.26. The Labute approximate surface area is 111 Å². The predicted molar refractivity (Wildman–Crippen MR) is 71.7 cm³/mol. The topological polar surface area (TPSA) is 71.2 Å². The highest BCUT2D eigenvalue weighted by molar-refractivity contribution is 5.43. The van der Waals surface area contributed by atoms with Gasteiger partial charge in [0.25, 0.3) is 0 Å². The number of aromatic nitrogens is 1. The number of nitrogens with zero attached hydrogens (tertiary/aromatic N) is 1. The SMILES string of the molecule is Nc1cc(C(O)CNCc2ccncc2)ccc1F. The predicted octanol–water partition coefficient (Wildman–Crippen LogP) is 1.63. The van der Waals surface area contributed by atoms with E-state index in [9.17, 15) is 9.50 Å². The van der Waals surface area contributed by atoms with Crippen molar-refractivity contribution in [3.63, 3.8) is 0 Å². The van der Waals surface area contributed by atoms with E-state index < -0.39 is 11.9 Å². The zero-order valence-electron chi connectivity index (χ0n) is 10.4. The van der Waals surface area contributed by atoms with Gasteiger partial charge in [-0.2, -0.15) is 0 Å². The van der Waals surface area contributed by atoms with Crippen LogP contribution in [0.1, 0.15) is 17.2 Å². The Bertz CT molecular complexity index is 533. The van der Waals surface area contributed by atoms with E-state index in [1.807, 2.05) is 12.1 Å². The molecule has 0 aliphatic heterocycles. The van der Waals surface area contributed by atoms with Gasteiger partial charge in [0.2, 0.25) is 0 Å². The van der Waals surface area contributed by atoms with Crippen LogP contribution in [0.2, 0.25) is 0 Å². The molecule has 0 fully saturated rings. The molecule has 0 saturated heterocycles. The molecule has 0 aliphatic rings. The number of pyridine rings is 1. The van der Waals surface area contributed by atoms with E-state index >= 15 is 0 Å². The van der Waals surface area contributed by atoms with Crippen LogP contribution in [-0.2, 0) is 6.54 Å². The Morgan fingerprint density at radius 2 is 2.00 bits per heavy atom.